The number of hydrogen-bond acceptors (Lipinski definition) is 7. The number of anilines is 1. The van der Waals surface area contributed by atoms with Crippen LogP contribution in [0.2, 0.25) is 0 Å². The van der Waals surface area contributed by atoms with Crippen LogP contribution in [0.3, 0.4) is 0 Å². The van der Waals surface area contributed by atoms with Crippen LogP contribution in [0.15, 0.2) is 36.4 Å². The highest BCUT2D eigenvalue weighted by Crippen LogP contribution is 2.35. The summed E-state index contributed by atoms with van der Waals surface area (Å²) in [4.78, 5) is 23.4. The van der Waals surface area contributed by atoms with Crippen LogP contribution in [-0.4, -0.2) is 44.9 Å². The van der Waals surface area contributed by atoms with Gasteiger partial charge in [-0.05, 0) is 31.2 Å². The summed E-state index contributed by atoms with van der Waals surface area (Å²) in [5.41, 5.74) is -0.0615. The Morgan fingerprint density at radius 1 is 1.07 bits per heavy atom. The van der Waals surface area contributed by atoms with E-state index in [1.807, 2.05) is 6.92 Å². The maximum Gasteiger partial charge on any atom is 0.286 e. The van der Waals surface area contributed by atoms with Crippen LogP contribution >= 0.6 is 0 Å². The molecule has 9 nitrogen and oxygen atoms in total. The van der Waals surface area contributed by atoms with Crippen molar-refractivity contribution < 1.29 is 28.7 Å². The average molecular weight is 390 g/mol. The standard InChI is InChI=1S/C19H22N2O7/c1-4-27-14-7-5-13(6-8-14)20-19(22)15-11-17(26-3)18(28-10-9-25-2)12-16(15)21(23)24/h5-8,11-12H,4,9-10H2,1-3H3,(H,20,22). The van der Waals surface area contributed by atoms with Gasteiger partial charge in [0.05, 0.1) is 31.3 Å². The van der Waals surface area contributed by atoms with Crippen LogP contribution in [0.5, 0.6) is 17.2 Å². The summed E-state index contributed by atoms with van der Waals surface area (Å²) in [6.45, 7) is 2.88. The van der Waals surface area contributed by atoms with Gasteiger partial charge in [-0.3, -0.25) is 14.9 Å². The molecule has 0 bridgehead atoms. The molecule has 2 aromatic rings. The van der Waals surface area contributed by atoms with Gasteiger partial charge < -0.3 is 24.3 Å². The molecule has 0 aromatic heterocycles. The molecule has 2 rings (SSSR count). The molecule has 150 valence electrons. The fraction of sp³-hybridized carbons (Fsp3) is 0.316. The zero-order valence-electron chi connectivity index (χ0n) is 15.9. The zero-order valence-corrected chi connectivity index (χ0v) is 15.9. The summed E-state index contributed by atoms with van der Waals surface area (Å²) < 4.78 is 20.9. The lowest BCUT2D eigenvalue weighted by molar-refractivity contribution is -0.385. The summed E-state index contributed by atoms with van der Waals surface area (Å²) in [5, 5.41) is 14.1. The third kappa shape index (κ3) is 5.34. The molecule has 0 saturated heterocycles. The third-order valence-electron chi connectivity index (χ3n) is 3.69. The molecule has 28 heavy (non-hydrogen) atoms. The van der Waals surface area contributed by atoms with Crippen LogP contribution < -0.4 is 19.5 Å². The maximum absolute atomic E-state index is 12.6. The Morgan fingerprint density at radius 3 is 2.36 bits per heavy atom. The number of methoxy groups -OCH3 is 2. The monoisotopic (exact) mass is 390 g/mol. The molecular formula is C19H22N2O7. The number of nitrogens with zero attached hydrogens (tertiary/aromatic N) is 1. The Kier molecular flexibility index (Phi) is 7.58. The zero-order chi connectivity index (χ0) is 20.5. The van der Waals surface area contributed by atoms with E-state index in [1.165, 1.54) is 26.4 Å². The first-order chi connectivity index (χ1) is 13.5. The predicted octanol–water partition coefficient (Wildman–Crippen LogP) is 3.28. The lowest BCUT2D eigenvalue weighted by atomic mass is 10.1. The second-order valence-corrected chi connectivity index (χ2v) is 5.53. The van der Waals surface area contributed by atoms with E-state index >= 15 is 0 Å². The molecule has 9 heteroatoms. The van der Waals surface area contributed by atoms with Gasteiger partial charge in [-0.15, -0.1) is 0 Å². The molecule has 0 saturated carbocycles. The molecule has 0 heterocycles. The number of nitro benzene ring substituents is 1. The Morgan fingerprint density at radius 2 is 1.79 bits per heavy atom. The van der Waals surface area contributed by atoms with E-state index in [-0.39, 0.29) is 23.7 Å². The van der Waals surface area contributed by atoms with Crippen LogP contribution in [0.1, 0.15) is 17.3 Å². The topological polar surface area (TPSA) is 109 Å². The molecule has 0 aliphatic rings. The van der Waals surface area contributed by atoms with Crippen molar-refractivity contribution in [1.82, 2.24) is 0 Å². The van der Waals surface area contributed by atoms with E-state index in [2.05, 4.69) is 5.32 Å². The van der Waals surface area contributed by atoms with Gasteiger partial charge in [0, 0.05) is 18.9 Å². The Bertz CT molecular complexity index is 822. The van der Waals surface area contributed by atoms with E-state index in [0.717, 1.165) is 0 Å². The van der Waals surface area contributed by atoms with Gasteiger partial charge in [-0.2, -0.15) is 0 Å². The van der Waals surface area contributed by atoms with E-state index in [0.29, 0.717) is 24.7 Å². The Hall–Kier alpha value is -3.33. The smallest absolute Gasteiger partial charge is 0.286 e. The minimum atomic E-state index is -0.643. The second kappa shape index (κ2) is 10.1. The fourth-order valence-electron chi connectivity index (χ4n) is 2.39. The van der Waals surface area contributed by atoms with E-state index < -0.39 is 16.5 Å². The minimum Gasteiger partial charge on any atom is -0.494 e. The first kappa shape index (κ1) is 21.0. The number of rotatable bonds is 10. The highest BCUT2D eigenvalue weighted by atomic mass is 16.6. The van der Waals surface area contributed by atoms with Gasteiger partial charge in [0.2, 0.25) is 0 Å². The van der Waals surface area contributed by atoms with Crippen LogP contribution in [0.25, 0.3) is 0 Å². The molecule has 0 radical (unpaired) electrons. The molecule has 1 amide bonds. The quantitative estimate of drug-likeness (QED) is 0.377. The van der Waals surface area contributed by atoms with Crippen molar-refractivity contribution in [3.8, 4) is 17.2 Å². The molecule has 0 aliphatic heterocycles. The van der Waals surface area contributed by atoms with Gasteiger partial charge in [0.25, 0.3) is 11.6 Å². The highest BCUT2D eigenvalue weighted by Gasteiger charge is 2.25. The molecule has 0 atom stereocenters. The number of benzene rings is 2. The lowest BCUT2D eigenvalue weighted by Gasteiger charge is -2.13. The predicted molar refractivity (Wildman–Crippen MR) is 103 cm³/mol. The summed E-state index contributed by atoms with van der Waals surface area (Å²) in [6, 6.07) is 9.13. The van der Waals surface area contributed by atoms with Gasteiger partial charge in [-0.25, -0.2) is 0 Å². The molecule has 0 spiro atoms. The molecule has 2 aromatic carbocycles. The van der Waals surface area contributed by atoms with Crippen LogP contribution in [0.4, 0.5) is 11.4 Å². The number of nitrogens with one attached hydrogen (secondary N) is 1. The lowest BCUT2D eigenvalue weighted by Crippen LogP contribution is -2.15. The van der Waals surface area contributed by atoms with Crippen molar-refractivity contribution in [3.63, 3.8) is 0 Å². The number of hydrogen-bond donors (Lipinski definition) is 1. The minimum absolute atomic E-state index is 0.144. The number of carbonyl (C=O) groups excluding carboxylic acids is 1. The second-order valence-electron chi connectivity index (χ2n) is 5.53. The largest absolute Gasteiger partial charge is 0.494 e. The SMILES string of the molecule is CCOc1ccc(NC(=O)c2cc(OC)c(OCCOC)cc2[N+](=O)[O-])cc1. The molecular weight excluding hydrogens is 368 g/mol. The van der Waals surface area contributed by atoms with Crippen molar-refractivity contribution in [1.29, 1.82) is 0 Å². The van der Waals surface area contributed by atoms with Crippen molar-refractivity contribution in [2.75, 3.05) is 39.4 Å². The molecule has 0 unspecified atom stereocenters. The maximum atomic E-state index is 12.6. The van der Waals surface area contributed by atoms with E-state index in [9.17, 15) is 14.9 Å². The average Bonchev–Trinajstić information content (AvgIpc) is 2.69. The van der Waals surface area contributed by atoms with E-state index in [1.54, 1.807) is 24.3 Å². The fourth-order valence-corrected chi connectivity index (χ4v) is 2.39. The Balaban J connectivity index is 2.28. The Labute approximate surface area is 162 Å². The number of ether oxygens (including phenoxy) is 4. The highest BCUT2D eigenvalue weighted by molar-refractivity contribution is 6.07. The normalized spacial score (nSPS) is 10.2. The van der Waals surface area contributed by atoms with Crippen molar-refractivity contribution >= 4 is 17.3 Å². The summed E-state index contributed by atoms with van der Waals surface area (Å²) in [6.07, 6.45) is 0. The molecule has 0 aliphatic carbocycles. The van der Waals surface area contributed by atoms with Crippen LogP contribution in [0, 0.1) is 10.1 Å². The number of carbonyl (C=O) groups is 1. The molecule has 1 N–H and O–H groups in total. The summed E-state index contributed by atoms with van der Waals surface area (Å²) in [5.74, 6) is 0.380. The summed E-state index contributed by atoms with van der Waals surface area (Å²) >= 11 is 0. The third-order valence-corrected chi connectivity index (χ3v) is 3.69. The van der Waals surface area contributed by atoms with Gasteiger partial charge in [-0.1, -0.05) is 0 Å². The number of nitro groups is 1. The summed E-state index contributed by atoms with van der Waals surface area (Å²) in [7, 11) is 2.90. The van der Waals surface area contributed by atoms with E-state index in [4.69, 9.17) is 18.9 Å². The van der Waals surface area contributed by atoms with Gasteiger partial charge >= 0.3 is 0 Å². The van der Waals surface area contributed by atoms with Gasteiger partial charge in [0.15, 0.2) is 11.5 Å². The first-order valence-corrected chi connectivity index (χ1v) is 8.52. The first-order valence-electron chi connectivity index (χ1n) is 8.52. The van der Waals surface area contributed by atoms with Gasteiger partial charge in [0.1, 0.15) is 17.9 Å². The van der Waals surface area contributed by atoms with Crippen LogP contribution in [-0.2, 0) is 4.74 Å². The molecule has 0 fully saturated rings. The number of amides is 1. The van der Waals surface area contributed by atoms with Crippen molar-refractivity contribution in [2.24, 2.45) is 0 Å². The van der Waals surface area contributed by atoms with Crippen molar-refractivity contribution in [3.05, 3.63) is 52.1 Å². The van der Waals surface area contributed by atoms with Crippen molar-refractivity contribution in [2.45, 2.75) is 6.92 Å².